The Hall–Kier alpha value is -1.92. The second-order valence-electron chi connectivity index (χ2n) is 26.7. The maximum atomic E-state index is 12.5. The molecule has 0 aliphatic rings. The number of hydrogen-bond donors (Lipinski definition) is 3. The Morgan fingerprint density at radius 1 is 0.329 bits per heavy atom. The third-order valence-electron chi connectivity index (χ3n) is 18.2. The predicted octanol–water partition coefficient (Wildman–Crippen LogP) is 25.4. The molecule has 6 heteroatoms. The molecule has 0 spiro atoms. The predicted molar refractivity (Wildman–Crippen MR) is 375 cm³/mol. The minimum atomic E-state index is -0.842. The first-order chi connectivity index (χ1) is 42.0. The Balaban J connectivity index is 3.35. The van der Waals surface area contributed by atoms with E-state index < -0.39 is 12.1 Å². The Morgan fingerprint density at radius 3 is 0.894 bits per heavy atom. The SMILES string of the molecule is CCCCCCCCCCCCCC/C=C/C(O)C(CO)NC(=O)CCCCCCCCCCCCCCCCCCC/C=C\C/C=C\CCCCCCCCCCCCCCCCCOC(=O)CCCCCCCCCCCCCCCCC. The van der Waals surface area contributed by atoms with Gasteiger partial charge in [0.15, 0.2) is 0 Å². The third kappa shape index (κ3) is 71.0. The molecule has 6 nitrogen and oxygen atoms in total. The molecule has 0 aliphatic heterocycles. The number of hydrogen-bond acceptors (Lipinski definition) is 5. The normalized spacial score (nSPS) is 12.7. The molecule has 0 aromatic heterocycles. The first-order valence-electron chi connectivity index (χ1n) is 38.8. The number of carbonyl (C=O) groups is 2. The smallest absolute Gasteiger partial charge is 0.305 e. The first-order valence-corrected chi connectivity index (χ1v) is 38.8. The molecule has 0 aromatic carbocycles. The maximum absolute atomic E-state index is 12.5. The molecule has 2 unspecified atom stereocenters. The molecule has 0 aliphatic carbocycles. The summed E-state index contributed by atoms with van der Waals surface area (Å²) in [6.07, 6.45) is 97.0. The third-order valence-corrected chi connectivity index (χ3v) is 18.2. The molecule has 0 aromatic rings. The van der Waals surface area contributed by atoms with Gasteiger partial charge >= 0.3 is 5.97 Å². The highest BCUT2D eigenvalue weighted by Gasteiger charge is 2.18. The zero-order valence-electron chi connectivity index (χ0n) is 57.6. The van der Waals surface area contributed by atoms with E-state index in [9.17, 15) is 19.8 Å². The number of allylic oxidation sites excluding steroid dienone is 5. The van der Waals surface area contributed by atoms with Gasteiger partial charge in [0.25, 0.3) is 0 Å². The Bertz CT molecular complexity index is 1380. The molecule has 0 radical (unpaired) electrons. The van der Waals surface area contributed by atoms with E-state index in [0.717, 1.165) is 44.9 Å². The summed E-state index contributed by atoms with van der Waals surface area (Å²) in [6, 6.07) is -0.625. The quantitative estimate of drug-likeness (QED) is 0.0320. The van der Waals surface area contributed by atoms with Crippen LogP contribution in [-0.4, -0.2) is 47.4 Å². The number of ether oxygens (including phenoxy) is 1. The van der Waals surface area contributed by atoms with E-state index in [1.165, 1.54) is 360 Å². The number of amides is 1. The molecule has 0 fully saturated rings. The molecule has 85 heavy (non-hydrogen) atoms. The lowest BCUT2D eigenvalue weighted by Crippen LogP contribution is -2.45. The molecule has 0 saturated carbocycles. The van der Waals surface area contributed by atoms with Crippen molar-refractivity contribution >= 4 is 11.9 Å². The van der Waals surface area contributed by atoms with Gasteiger partial charge in [0.05, 0.1) is 25.4 Å². The summed E-state index contributed by atoms with van der Waals surface area (Å²) in [5.74, 6) is -0.0391. The standard InChI is InChI=1S/C79H151NO5/c1-3-5-7-9-11-13-15-17-44-49-53-57-61-65-69-73-79(84)85-74-70-66-62-58-54-50-46-43-41-39-37-35-33-31-29-27-25-23-21-19-20-22-24-26-28-30-32-34-36-38-40-42-45-48-52-56-60-64-68-72-78(83)80-76(75-81)77(82)71-67-63-59-55-51-47-18-16-14-12-10-8-6-4-2/h19-20,23,25,67,71,76-77,81-82H,3-18,21-22,24,26-66,68-70,72-75H2,1-2H3,(H,80,83)/b20-19-,25-23-,71-67+. The van der Waals surface area contributed by atoms with E-state index in [1.54, 1.807) is 6.08 Å². The van der Waals surface area contributed by atoms with E-state index in [0.29, 0.717) is 19.4 Å². The van der Waals surface area contributed by atoms with Crippen molar-refractivity contribution < 1.29 is 24.5 Å². The second kappa shape index (κ2) is 74.5. The van der Waals surface area contributed by atoms with Crippen molar-refractivity contribution in [2.24, 2.45) is 0 Å². The van der Waals surface area contributed by atoms with Crippen LogP contribution in [0.2, 0.25) is 0 Å². The highest BCUT2D eigenvalue weighted by Crippen LogP contribution is 2.19. The second-order valence-corrected chi connectivity index (χ2v) is 26.7. The van der Waals surface area contributed by atoms with Gasteiger partial charge in [-0.2, -0.15) is 0 Å². The van der Waals surface area contributed by atoms with E-state index in [-0.39, 0.29) is 18.5 Å². The molecule has 0 heterocycles. The summed E-state index contributed by atoms with van der Waals surface area (Å²) in [5.41, 5.74) is 0. The lowest BCUT2D eigenvalue weighted by atomic mass is 10.0. The number of rotatable bonds is 73. The average molecular weight is 1200 g/mol. The van der Waals surface area contributed by atoms with Crippen LogP contribution in [0.3, 0.4) is 0 Å². The van der Waals surface area contributed by atoms with Crippen LogP contribution in [0.15, 0.2) is 36.5 Å². The van der Waals surface area contributed by atoms with Gasteiger partial charge < -0.3 is 20.3 Å². The largest absolute Gasteiger partial charge is 0.466 e. The van der Waals surface area contributed by atoms with Gasteiger partial charge in [-0.15, -0.1) is 0 Å². The van der Waals surface area contributed by atoms with Crippen LogP contribution in [0, 0.1) is 0 Å². The van der Waals surface area contributed by atoms with E-state index in [4.69, 9.17) is 4.74 Å². The van der Waals surface area contributed by atoms with Crippen LogP contribution >= 0.6 is 0 Å². The molecule has 0 rings (SSSR count). The Kier molecular flexibility index (Phi) is 72.9. The number of unbranched alkanes of at least 4 members (excludes halogenated alkanes) is 58. The molecule has 502 valence electrons. The number of esters is 1. The molecular weight excluding hydrogens is 1040 g/mol. The first kappa shape index (κ1) is 83.1. The van der Waals surface area contributed by atoms with Crippen molar-refractivity contribution in [3.8, 4) is 0 Å². The highest BCUT2D eigenvalue weighted by atomic mass is 16.5. The van der Waals surface area contributed by atoms with Crippen molar-refractivity contribution in [2.45, 2.75) is 443 Å². The molecule has 1 amide bonds. The van der Waals surface area contributed by atoms with Crippen LogP contribution < -0.4 is 5.32 Å². The lowest BCUT2D eigenvalue weighted by Gasteiger charge is -2.20. The van der Waals surface area contributed by atoms with Gasteiger partial charge in [-0.25, -0.2) is 0 Å². The number of aliphatic hydroxyl groups excluding tert-OH is 2. The van der Waals surface area contributed by atoms with E-state index in [2.05, 4.69) is 43.5 Å². The van der Waals surface area contributed by atoms with Crippen LogP contribution in [-0.2, 0) is 14.3 Å². The summed E-state index contributed by atoms with van der Waals surface area (Å²) in [7, 11) is 0. The van der Waals surface area contributed by atoms with Gasteiger partial charge in [-0.3, -0.25) is 9.59 Å². The molecular formula is C79H151NO5. The molecule has 0 bridgehead atoms. The zero-order chi connectivity index (χ0) is 61.3. The van der Waals surface area contributed by atoms with Gasteiger partial charge in [-0.1, -0.05) is 391 Å². The van der Waals surface area contributed by atoms with Gasteiger partial charge in [0, 0.05) is 12.8 Å². The monoisotopic (exact) mass is 1190 g/mol. The summed E-state index contributed by atoms with van der Waals surface area (Å²) in [4.78, 5) is 24.6. The van der Waals surface area contributed by atoms with Crippen LogP contribution in [0.25, 0.3) is 0 Å². The van der Waals surface area contributed by atoms with Crippen molar-refractivity contribution in [1.29, 1.82) is 0 Å². The minimum Gasteiger partial charge on any atom is -0.466 e. The van der Waals surface area contributed by atoms with Crippen LogP contribution in [0.1, 0.15) is 431 Å². The van der Waals surface area contributed by atoms with E-state index >= 15 is 0 Å². The summed E-state index contributed by atoms with van der Waals surface area (Å²) >= 11 is 0. The lowest BCUT2D eigenvalue weighted by molar-refractivity contribution is -0.143. The molecule has 2 atom stereocenters. The van der Waals surface area contributed by atoms with E-state index in [1.807, 2.05) is 6.08 Å². The van der Waals surface area contributed by atoms with Gasteiger partial charge in [-0.05, 0) is 64.2 Å². The summed E-state index contributed by atoms with van der Waals surface area (Å²) < 4.78 is 5.50. The Labute approximate surface area is 532 Å². The van der Waals surface area contributed by atoms with Crippen molar-refractivity contribution in [1.82, 2.24) is 5.32 Å². The fraction of sp³-hybridized carbons (Fsp3) is 0.899. The topological polar surface area (TPSA) is 95.9 Å². The van der Waals surface area contributed by atoms with Gasteiger partial charge in [0.2, 0.25) is 5.91 Å². The summed E-state index contributed by atoms with van der Waals surface area (Å²) in [5, 5.41) is 23.2. The highest BCUT2D eigenvalue weighted by molar-refractivity contribution is 5.76. The van der Waals surface area contributed by atoms with Gasteiger partial charge in [0.1, 0.15) is 0 Å². The summed E-state index contributed by atoms with van der Waals surface area (Å²) in [6.45, 7) is 4.94. The average Bonchev–Trinajstić information content (AvgIpc) is 3.51. The number of carbonyl (C=O) groups excluding carboxylic acids is 2. The molecule has 3 N–H and O–H groups in total. The van der Waals surface area contributed by atoms with Crippen molar-refractivity contribution in [2.75, 3.05) is 13.2 Å². The van der Waals surface area contributed by atoms with Crippen molar-refractivity contribution in [3.63, 3.8) is 0 Å². The minimum absolute atomic E-state index is 0.0236. The Morgan fingerprint density at radius 2 is 0.588 bits per heavy atom. The van der Waals surface area contributed by atoms with Crippen LogP contribution in [0.4, 0.5) is 0 Å². The number of aliphatic hydroxyl groups is 2. The maximum Gasteiger partial charge on any atom is 0.305 e. The fourth-order valence-corrected chi connectivity index (χ4v) is 12.3. The number of nitrogens with one attached hydrogen (secondary N) is 1. The zero-order valence-corrected chi connectivity index (χ0v) is 57.6. The fourth-order valence-electron chi connectivity index (χ4n) is 12.3. The molecule has 0 saturated heterocycles. The van der Waals surface area contributed by atoms with Crippen molar-refractivity contribution in [3.05, 3.63) is 36.5 Å². The van der Waals surface area contributed by atoms with Crippen LogP contribution in [0.5, 0.6) is 0 Å².